The largest absolute Gasteiger partial charge is 0.300 e. The lowest BCUT2D eigenvalue weighted by Crippen LogP contribution is -2.39. The van der Waals surface area contributed by atoms with E-state index in [0.29, 0.717) is 6.04 Å². The van der Waals surface area contributed by atoms with E-state index in [-0.39, 0.29) is 0 Å². The smallest absolute Gasteiger partial charge is 0.0301 e. The van der Waals surface area contributed by atoms with Gasteiger partial charge in [-0.15, -0.1) is 0 Å². The van der Waals surface area contributed by atoms with Crippen molar-refractivity contribution in [2.24, 2.45) is 5.92 Å². The summed E-state index contributed by atoms with van der Waals surface area (Å²) in [5.74, 6) is 0.882. The van der Waals surface area contributed by atoms with Gasteiger partial charge >= 0.3 is 0 Å². The fourth-order valence-corrected chi connectivity index (χ4v) is 1.84. The summed E-state index contributed by atoms with van der Waals surface area (Å²) in [5.41, 5.74) is 1.32. The van der Waals surface area contributed by atoms with Crippen LogP contribution < -0.4 is 0 Å². The maximum absolute atomic E-state index is 4.02. The molecular formula is C10H19N. The average Bonchev–Trinajstić information content (AvgIpc) is 1.94. The molecule has 1 heteroatoms. The van der Waals surface area contributed by atoms with Gasteiger partial charge in [-0.05, 0) is 39.3 Å². The number of hydrogen-bond acceptors (Lipinski definition) is 1. The summed E-state index contributed by atoms with van der Waals surface area (Å²) in [6.07, 6.45) is 2.64. The van der Waals surface area contributed by atoms with Gasteiger partial charge in [0.2, 0.25) is 0 Å². The molecule has 0 bridgehead atoms. The Morgan fingerprint density at radius 3 is 2.64 bits per heavy atom. The van der Waals surface area contributed by atoms with Crippen molar-refractivity contribution in [1.82, 2.24) is 4.90 Å². The molecule has 1 heterocycles. The Kier molecular flexibility index (Phi) is 2.72. The Morgan fingerprint density at radius 1 is 1.55 bits per heavy atom. The first kappa shape index (κ1) is 8.79. The molecule has 1 aliphatic heterocycles. The first-order valence-corrected chi connectivity index (χ1v) is 4.47. The second-order valence-corrected chi connectivity index (χ2v) is 3.97. The SMILES string of the molecule is C=C(C)C1CC(C)CCN1C. The molecular weight excluding hydrogens is 134 g/mol. The molecule has 0 saturated carbocycles. The van der Waals surface area contributed by atoms with Crippen molar-refractivity contribution in [3.63, 3.8) is 0 Å². The number of rotatable bonds is 1. The van der Waals surface area contributed by atoms with Gasteiger partial charge in [0.25, 0.3) is 0 Å². The van der Waals surface area contributed by atoms with Crippen molar-refractivity contribution < 1.29 is 0 Å². The summed E-state index contributed by atoms with van der Waals surface area (Å²) in [7, 11) is 2.20. The van der Waals surface area contributed by atoms with Crippen molar-refractivity contribution in [2.45, 2.75) is 32.7 Å². The van der Waals surface area contributed by atoms with Crippen LogP contribution in [0.2, 0.25) is 0 Å². The third-order valence-corrected chi connectivity index (χ3v) is 2.70. The molecule has 1 nitrogen and oxygen atoms in total. The molecule has 1 aliphatic rings. The minimum Gasteiger partial charge on any atom is -0.300 e. The van der Waals surface area contributed by atoms with E-state index in [0.717, 1.165) is 5.92 Å². The quantitative estimate of drug-likeness (QED) is 0.522. The molecule has 0 amide bonds. The van der Waals surface area contributed by atoms with Gasteiger partial charge in [-0.25, -0.2) is 0 Å². The van der Waals surface area contributed by atoms with Crippen LogP contribution in [0.3, 0.4) is 0 Å². The van der Waals surface area contributed by atoms with Crippen molar-refractivity contribution in [2.75, 3.05) is 13.6 Å². The lowest BCUT2D eigenvalue weighted by Gasteiger charge is -2.36. The van der Waals surface area contributed by atoms with E-state index >= 15 is 0 Å². The fourth-order valence-electron chi connectivity index (χ4n) is 1.84. The summed E-state index contributed by atoms with van der Waals surface area (Å²) >= 11 is 0. The highest BCUT2D eigenvalue weighted by Crippen LogP contribution is 2.24. The van der Waals surface area contributed by atoms with Crippen molar-refractivity contribution in [1.29, 1.82) is 0 Å². The van der Waals surface area contributed by atoms with E-state index in [2.05, 4.69) is 32.4 Å². The molecule has 0 aliphatic carbocycles. The highest BCUT2D eigenvalue weighted by Gasteiger charge is 2.23. The van der Waals surface area contributed by atoms with E-state index in [1.807, 2.05) is 0 Å². The monoisotopic (exact) mass is 153 g/mol. The zero-order chi connectivity index (χ0) is 8.43. The van der Waals surface area contributed by atoms with Gasteiger partial charge in [0.15, 0.2) is 0 Å². The Labute approximate surface area is 70.1 Å². The van der Waals surface area contributed by atoms with Crippen molar-refractivity contribution in [3.05, 3.63) is 12.2 Å². The van der Waals surface area contributed by atoms with E-state index in [1.165, 1.54) is 25.0 Å². The average molecular weight is 153 g/mol. The van der Waals surface area contributed by atoms with Gasteiger partial charge in [-0.2, -0.15) is 0 Å². The minimum absolute atomic E-state index is 0.638. The zero-order valence-corrected chi connectivity index (χ0v) is 7.93. The highest BCUT2D eigenvalue weighted by molar-refractivity contribution is 5.03. The Bertz CT molecular complexity index is 151. The van der Waals surface area contributed by atoms with Crippen LogP contribution in [0.4, 0.5) is 0 Å². The number of piperidine rings is 1. The Morgan fingerprint density at radius 2 is 2.18 bits per heavy atom. The Hall–Kier alpha value is -0.300. The van der Waals surface area contributed by atoms with Gasteiger partial charge in [0, 0.05) is 6.04 Å². The summed E-state index contributed by atoms with van der Waals surface area (Å²) in [6, 6.07) is 0.638. The molecule has 64 valence electrons. The normalized spacial score (nSPS) is 33.7. The molecule has 2 atom stereocenters. The fraction of sp³-hybridized carbons (Fsp3) is 0.800. The molecule has 0 aromatic rings. The van der Waals surface area contributed by atoms with Gasteiger partial charge in [-0.1, -0.05) is 19.1 Å². The van der Waals surface area contributed by atoms with Crippen molar-refractivity contribution in [3.8, 4) is 0 Å². The summed E-state index contributed by atoms with van der Waals surface area (Å²) in [5, 5.41) is 0. The number of hydrogen-bond donors (Lipinski definition) is 0. The lowest BCUT2D eigenvalue weighted by molar-refractivity contribution is 0.173. The molecule has 0 aromatic heterocycles. The predicted molar refractivity (Wildman–Crippen MR) is 49.6 cm³/mol. The molecule has 0 aromatic carbocycles. The Balaban J connectivity index is 2.54. The third kappa shape index (κ3) is 2.06. The van der Waals surface area contributed by atoms with Crippen LogP contribution in [0.25, 0.3) is 0 Å². The standard InChI is InChI=1S/C10H19N/c1-8(2)10-7-9(3)5-6-11(10)4/h9-10H,1,5-7H2,2-4H3. The van der Waals surface area contributed by atoms with Gasteiger partial charge in [0.05, 0.1) is 0 Å². The molecule has 1 rings (SSSR count). The molecule has 0 radical (unpaired) electrons. The van der Waals surface area contributed by atoms with Gasteiger partial charge < -0.3 is 0 Å². The predicted octanol–water partition coefficient (Wildman–Crippen LogP) is 2.29. The van der Waals surface area contributed by atoms with Gasteiger partial charge in [-0.3, -0.25) is 4.90 Å². The lowest BCUT2D eigenvalue weighted by atomic mass is 9.90. The first-order valence-electron chi connectivity index (χ1n) is 4.47. The van der Waals surface area contributed by atoms with Crippen LogP contribution in [0.5, 0.6) is 0 Å². The first-order chi connectivity index (χ1) is 5.11. The third-order valence-electron chi connectivity index (χ3n) is 2.70. The van der Waals surface area contributed by atoms with Crippen LogP contribution in [-0.4, -0.2) is 24.5 Å². The van der Waals surface area contributed by atoms with E-state index in [9.17, 15) is 0 Å². The van der Waals surface area contributed by atoms with E-state index < -0.39 is 0 Å². The number of likely N-dealkylation sites (tertiary alicyclic amines) is 1. The second-order valence-electron chi connectivity index (χ2n) is 3.97. The maximum atomic E-state index is 4.02. The summed E-state index contributed by atoms with van der Waals surface area (Å²) in [6.45, 7) is 9.73. The van der Waals surface area contributed by atoms with E-state index in [4.69, 9.17) is 0 Å². The summed E-state index contributed by atoms with van der Waals surface area (Å²) in [4.78, 5) is 2.42. The van der Waals surface area contributed by atoms with Crippen LogP contribution in [-0.2, 0) is 0 Å². The van der Waals surface area contributed by atoms with Crippen LogP contribution in [0.1, 0.15) is 26.7 Å². The van der Waals surface area contributed by atoms with Crippen LogP contribution in [0.15, 0.2) is 12.2 Å². The van der Waals surface area contributed by atoms with Crippen molar-refractivity contribution >= 4 is 0 Å². The summed E-state index contributed by atoms with van der Waals surface area (Å²) < 4.78 is 0. The highest BCUT2D eigenvalue weighted by atomic mass is 15.1. The minimum atomic E-state index is 0.638. The van der Waals surface area contributed by atoms with Crippen LogP contribution >= 0.6 is 0 Å². The molecule has 0 spiro atoms. The number of nitrogens with zero attached hydrogens (tertiary/aromatic N) is 1. The molecule has 1 saturated heterocycles. The zero-order valence-electron chi connectivity index (χ0n) is 7.93. The molecule has 1 fully saturated rings. The maximum Gasteiger partial charge on any atom is 0.0301 e. The van der Waals surface area contributed by atoms with E-state index in [1.54, 1.807) is 0 Å². The molecule has 0 N–H and O–H groups in total. The number of likely N-dealkylation sites (N-methyl/N-ethyl adjacent to an activating group) is 1. The second kappa shape index (κ2) is 3.40. The topological polar surface area (TPSA) is 3.24 Å². The molecule has 2 unspecified atom stereocenters. The molecule has 11 heavy (non-hydrogen) atoms. The van der Waals surface area contributed by atoms with Crippen LogP contribution in [0, 0.1) is 5.92 Å². The van der Waals surface area contributed by atoms with Gasteiger partial charge in [0.1, 0.15) is 0 Å².